The van der Waals surface area contributed by atoms with E-state index in [1.54, 1.807) is 0 Å². The van der Waals surface area contributed by atoms with Crippen LogP contribution in [0, 0.1) is 0 Å². The van der Waals surface area contributed by atoms with E-state index in [1.165, 1.54) is 0 Å². The van der Waals surface area contributed by atoms with Crippen molar-refractivity contribution in [2.45, 2.75) is 39.2 Å². The number of hydrogen-bond acceptors (Lipinski definition) is 4. The van der Waals surface area contributed by atoms with E-state index in [4.69, 9.17) is 5.11 Å². The molecule has 0 atom stereocenters. The maximum Gasteiger partial charge on any atom is 0.223 e. The Morgan fingerprint density at radius 3 is 2.27 bits per heavy atom. The van der Waals surface area contributed by atoms with E-state index in [0.717, 1.165) is 5.56 Å². The maximum absolute atomic E-state index is 9.08. The standard InChI is InChI=1S/C11H19N3O/c1-8(2)9-5-12-10(13-6-9)14-11(3,4)7-15/h5-6,8,15H,7H2,1-4H3,(H,12,13,14). The van der Waals surface area contributed by atoms with Gasteiger partial charge in [0.15, 0.2) is 0 Å². The summed E-state index contributed by atoms with van der Waals surface area (Å²) in [4.78, 5) is 8.40. The molecule has 1 aromatic rings. The highest BCUT2D eigenvalue weighted by Crippen LogP contribution is 2.14. The molecular weight excluding hydrogens is 190 g/mol. The highest BCUT2D eigenvalue weighted by atomic mass is 16.3. The Kier molecular flexibility index (Phi) is 3.63. The molecule has 0 radical (unpaired) electrons. The van der Waals surface area contributed by atoms with Gasteiger partial charge in [-0.1, -0.05) is 13.8 Å². The zero-order valence-corrected chi connectivity index (χ0v) is 9.78. The van der Waals surface area contributed by atoms with E-state index in [0.29, 0.717) is 11.9 Å². The first-order valence-corrected chi connectivity index (χ1v) is 5.15. The molecule has 84 valence electrons. The summed E-state index contributed by atoms with van der Waals surface area (Å²) in [7, 11) is 0. The number of aliphatic hydroxyl groups is 1. The summed E-state index contributed by atoms with van der Waals surface area (Å²) in [6, 6.07) is 0. The molecule has 0 amide bonds. The van der Waals surface area contributed by atoms with Gasteiger partial charge >= 0.3 is 0 Å². The Hall–Kier alpha value is -1.16. The predicted octanol–water partition coefficient (Wildman–Crippen LogP) is 1.78. The van der Waals surface area contributed by atoms with E-state index in [-0.39, 0.29) is 12.1 Å². The van der Waals surface area contributed by atoms with Crippen molar-refractivity contribution in [2.24, 2.45) is 0 Å². The number of rotatable bonds is 4. The third-order valence-corrected chi connectivity index (χ3v) is 2.18. The number of nitrogens with one attached hydrogen (secondary N) is 1. The molecule has 0 aliphatic carbocycles. The molecule has 0 aromatic carbocycles. The molecule has 0 fully saturated rings. The van der Waals surface area contributed by atoms with Gasteiger partial charge in [0.1, 0.15) is 0 Å². The Labute approximate surface area is 90.8 Å². The molecule has 0 aliphatic rings. The molecule has 1 aromatic heterocycles. The number of aliphatic hydroxyl groups excluding tert-OH is 1. The van der Waals surface area contributed by atoms with E-state index in [2.05, 4.69) is 29.1 Å². The van der Waals surface area contributed by atoms with Crippen molar-refractivity contribution < 1.29 is 5.11 Å². The number of nitrogens with zero attached hydrogens (tertiary/aromatic N) is 2. The summed E-state index contributed by atoms with van der Waals surface area (Å²) in [5, 5.41) is 12.1. The van der Waals surface area contributed by atoms with Crippen LogP contribution in [0.5, 0.6) is 0 Å². The molecule has 1 heterocycles. The van der Waals surface area contributed by atoms with Crippen LogP contribution in [0.1, 0.15) is 39.2 Å². The van der Waals surface area contributed by atoms with Crippen LogP contribution >= 0.6 is 0 Å². The van der Waals surface area contributed by atoms with Crippen molar-refractivity contribution in [3.8, 4) is 0 Å². The molecular formula is C11H19N3O. The number of anilines is 1. The Bertz CT molecular complexity index is 306. The van der Waals surface area contributed by atoms with Crippen LogP contribution < -0.4 is 5.32 Å². The lowest BCUT2D eigenvalue weighted by atomic mass is 10.1. The highest BCUT2D eigenvalue weighted by Gasteiger charge is 2.16. The second-order valence-corrected chi connectivity index (χ2v) is 4.66. The molecule has 2 N–H and O–H groups in total. The minimum absolute atomic E-state index is 0.0439. The Balaban J connectivity index is 2.73. The molecule has 0 saturated carbocycles. The summed E-state index contributed by atoms with van der Waals surface area (Å²) in [6.45, 7) is 8.04. The lowest BCUT2D eigenvalue weighted by molar-refractivity contribution is 0.233. The van der Waals surface area contributed by atoms with Crippen LogP contribution in [-0.4, -0.2) is 27.2 Å². The second kappa shape index (κ2) is 4.57. The lowest BCUT2D eigenvalue weighted by Crippen LogP contribution is -2.35. The van der Waals surface area contributed by atoms with Gasteiger partial charge in [-0.25, -0.2) is 9.97 Å². The Morgan fingerprint density at radius 2 is 1.87 bits per heavy atom. The van der Waals surface area contributed by atoms with Gasteiger partial charge in [-0.3, -0.25) is 0 Å². The minimum Gasteiger partial charge on any atom is -0.394 e. The average Bonchev–Trinajstić information content (AvgIpc) is 2.18. The van der Waals surface area contributed by atoms with E-state index in [9.17, 15) is 0 Å². The molecule has 0 spiro atoms. The molecule has 0 saturated heterocycles. The topological polar surface area (TPSA) is 58.0 Å². The van der Waals surface area contributed by atoms with Crippen molar-refractivity contribution in [2.75, 3.05) is 11.9 Å². The second-order valence-electron chi connectivity index (χ2n) is 4.66. The summed E-state index contributed by atoms with van der Waals surface area (Å²) < 4.78 is 0. The minimum atomic E-state index is -0.390. The van der Waals surface area contributed by atoms with Crippen LogP contribution in [0.2, 0.25) is 0 Å². The Morgan fingerprint density at radius 1 is 1.33 bits per heavy atom. The van der Waals surface area contributed by atoms with Crippen molar-refractivity contribution in [1.82, 2.24) is 9.97 Å². The van der Waals surface area contributed by atoms with Crippen molar-refractivity contribution in [1.29, 1.82) is 0 Å². The first-order chi connectivity index (χ1) is 6.94. The molecule has 0 bridgehead atoms. The van der Waals surface area contributed by atoms with Crippen molar-refractivity contribution in [3.05, 3.63) is 18.0 Å². The van der Waals surface area contributed by atoms with E-state index >= 15 is 0 Å². The normalized spacial score (nSPS) is 11.9. The van der Waals surface area contributed by atoms with Crippen molar-refractivity contribution in [3.63, 3.8) is 0 Å². The number of aromatic nitrogens is 2. The molecule has 1 rings (SSSR count). The fourth-order valence-electron chi connectivity index (χ4n) is 1.04. The maximum atomic E-state index is 9.08. The molecule has 15 heavy (non-hydrogen) atoms. The highest BCUT2D eigenvalue weighted by molar-refractivity contribution is 5.29. The monoisotopic (exact) mass is 209 g/mol. The molecule has 4 heteroatoms. The summed E-state index contributed by atoms with van der Waals surface area (Å²) in [5.41, 5.74) is 0.724. The quantitative estimate of drug-likeness (QED) is 0.793. The van der Waals surface area contributed by atoms with Gasteiger partial charge in [0.2, 0.25) is 5.95 Å². The summed E-state index contributed by atoms with van der Waals surface area (Å²) in [6.07, 6.45) is 3.63. The smallest absolute Gasteiger partial charge is 0.223 e. The van der Waals surface area contributed by atoms with Gasteiger partial charge in [0, 0.05) is 12.4 Å². The lowest BCUT2D eigenvalue weighted by Gasteiger charge is -2.23. The summed E-state index contributed by atoms with van der Waals surface area (Å²) in [5.74, 6) is 0.989. The van der Waals surface area contributed by atoms with Gasteiger partial charge in [0.25, 0.3) is 0 Å². The zero-order valence-electron chi connectivity index (χ0n) is 9.78. The zero-order chi connectivity index (χ0) is 11.5. The number of hydrogen-bond donors (Lipinski definition) is 2. The van der Waals surface area contributed by atoms with E-state index in [1.807, 2.05) is 26.2 Å². The average molecular weight is 209 g/mol. The van der Waals surface area contributed by atoms with Gasteiger partial charge in [0.05, 0.1) is 12.1 Å². The van der Waals surface area contributed by atoms with Gasteiger partial charge < -0.3 is 10.4 Å². The summed E-state index contributed by atoms with van der Waals surface area (Å²) >= 11 is 0. The predicted molar refractivity (Wildman–Crippen MR) is 60.9 cm³/mol. The fraction of sp³-hybridized carbons (Fsp3) is 0.636. The van der Waals surface area contributed by atoms with Gasteiger partial charge in [-0.2, -0.15) is 0 Å². The van der Waals surface area contributed by atoms with E-state index < -0.39 is 0 Å². The van der Waals surface area contributed by atoms with Crippen LogP contribution in [-0.2, 0) is 0 Å². The third kappa shape index (κ3) is 3.47. The third-order valence-electron chi connectivity index (χ3n) is 2.18. The SMILES string of the molecule is CC(C)c1cnc(NC(C)(C)CO)nc1. The van der Waals surface area contributed by atoms with Crippen LogP contribution in [0.25, 0.3) is 0 Å². The molecule has 0 aliphatic heterocycles. The fourth-order valence-corrected chi connectivity index (χ4v) is 1.04. The molecule has 0 unspecified atom stereocenters. The first-order valence-electron chi connectivity index (χ1n) is 5.15. The largest absolute Gasteiger partial charge is 0.394 e. The van der Waals surface area contributed by atoms with Gasteiger partial charge in [-0.15, -0.1) is 0 Å². The van der Waals surface area contributed by atoms with Crippen LogP contribution in [0.15, 0.2) is 12.4 Å². The van der Waals surface area contributed by atoms with Crippen LogP contribution in [0.4, 0.5) is 5.95 Å². The van der Waals surface area contributed by atoms with Crippen LogP contribution in [0.3, 0.4) is 0 Å². The van der Waals surface area contributed by atoms with Crippen molar-refractivity contribution >= 4 is 5.95 Å². The molecule has 4 nitrogen and oxygen atoms in total. The first kappa shape index (κ1) is 11.9. The van der Waals surface area contributed by atoms with Gasteiger partial charge in [-0.05, 0) is 25.3 Å².